The molecule has 3 amide bonds. The van der Waals surface area contributed by atoms with E-state index < -0.39 is 57.4 Å². The zero-order valence-corrected chi connectivity index (χ0v) is 24.6. The second kappa shape index (κ2) is 11.1. The van der Waals surface area contributed by atoms with Crippen molar-refractivity contribution in [2.45, 2.75) is 42.1 Å². The van der Waals surface area contributed by atoms with Gasteiger partial charge in [0.2, 0.25) is 23.2 Å². The number of H-pyrrole nitrogens is 1. The van der Waals surface area contributed by atoms with Gasteiger partial charge in [0.15, 0.2) is 0 Å². The second-order valence-corrected chi connectivity index (χ2v) is 13.1. The maximum atomic E-state index is 13.6. The van der Waals surface area contributed by atoms with Gasteiger partial charge < -0.3 is 40.9 Å². The molecule has 1 aromatic carbocycles. The number of piperazine rings is 1. The Kier molecular flexibility index (Phi) is 7.41. The van der Waals surface area contributed by atoms with Gasteiger partial charge in [0.25, 0.3) is 5.91 Å². The van der Waals surface area contributed by atoms with E-state index in [0.29, 0.717) is 19.0 Å². The smallest absolute Gasteiger partial charge is 0.327 e. The van der Waals surface area contributed by atoms with E-state index in [4.69, 9.17) is 0 Å². The maximum Gasteiger partial charge on any atom is 0.327 e. The van der Waals surface area contributed by atoms with Gasteiger partial charge in [-0.1, -0.05) is 12.1 Å². The first kappa shape index (κ1) is 29.4. The molecule has 4 atom stereocenters. The van der Waals surface area contributed by atoms with Crippen LogP contribution in [0.2, 0.25) is 0 Å². The van der Waals surface area contributed by atoms with Crippen molar-refractivity contribution in [1.82, 2.24) is 35.8 Å². The monoisotopic (exact) mass is 622 g/mol. The molecule has 0 radical (unpaired) electrons. The molecule has 3 saturated heterocycles. The number of β-lactam (4-membered cyclic amide) rings is 1. The van der Waals surface area contributed by atoms with E-state index in [-0.39, 0.29) is 27.9 Å². The number of thioether (sulfide) groups is 1. The Hall–Kier alpha value is -4.70. The molecular weight excluding hydrogens is 592 g/mol. The number of hydrogen-bond acceptors (Lipinski definition) is 11. The summed E-state index contributed by atoms with van der Waals surface area (Å²) in [4.78, 5) is 80.1. The van der Waals surface area contributed by atoms with Crippen LogP contribution in [0, 0.1) is 0 Å². The number of nitrogens with zero attached hydrogens (tertiary/aromatic N) is 4. The number of carbonyl (C=O) groups is 4. The van der Waals surface area contributed by atoms with Crippen molar-refractivity contribution < 1.29 is 29.4 Å². The number of aromatic hydroxyl groups is 1. The number of carboxylic acid groups (broad SMARTS) is 1. The molecule has 16 heteroatoms. The molecule has 0 saturated carbocycles. The van der Waals surface area contributed by atoms with Crippen LogP contribution in [-0.2, 0) is 14.4 Å². The van der Waals surface area contributed by atoms with Crippen LogP contribution in [0.1, 0.15) is 35.8 Å². The summed E-state index contributed by atoms with van der Waals surface area (Å²) < 4.78 is -0.789. The van der Waals surface area contributed by atoms with Gasteiger partial charge in [-0.2, -0.15) is 4.98 Å². The Morgan fingerprint density at radius 3 is 2.52 bits per heavy atom. The molecule has 15 nitrogen and oxygen atoms in total. The maximum absolute atomic E-state index is 13.6. The van der Waals surface area contributed by atoms with Crippen molar-refractivity contribution in [2.75, 3.05) is 31.1 Å². The van der Waals surface area contributed by atoms with Crippen LogP contribution in [0.5, 0.6) is 5.75 Å². The van der Waals surface area contributed by atoms with Crippen LogP contribution in [0.3, 0.4) is 0 Å². The average molecular weight is 623 g/mol. The van der Waals surface area contributed by atoms with Crippen LogP contribution in [0.4, 0.5) is 5.95 Å². The van der Waals surface area contributed by atoms with Crippen LogP contribution < -0.4 is 26.3 Å². The summed E-state index contributed by atoms with van der Waals surface area (Å²) >= 11 is 1.27. The summed E-state index contributed by atoms with van der Waals surface area (Å²) in [6, 6.07) is 2.10. The third kappa shape index (κ3) is 5.09. The minimum Gasteiger partial charge on any atom is -0.508 e. The lowest BCUT2D eigenvalue weighted by molar-refractivity contribution is -0.161. The summed E-state index contributed by atoms with van der Waals surface area (Å²) in [5.74, 6) is -2.91. The van der Waals surface area contributed by atoms with Gasteiger partial charge >= 0.3 is 5.97 Å². The molecule has 0 spiro atoms. The van der Waals surface area contributed by atoms with Crippen LogP contribution in [0.25, 0.3) is 11.0 Å². The summed E-state index contributed by atoms with van der Waals surface area (Å²) in [7, 11) is 0. The molecule has 3 aliphatic heterocycles. The number of aliphatic carboxylic acids is 1. The molecule has 3 aliphatic rings. The Labute approximate surface area is 254 Å². The topological polar surface area (TPSA) is 210 Å². The highest BCUT2D eigenvalue weighted by molar-refractivity contribution is 8.01. The lowest BCUT2D eigenvalue weighted by Gasteiger charge is -2.44. The predicted octanol–water partition coefficient (Wildman–Crippen LogP) is -0.464. The first-order chi connectivity index (χ1) is 21.0. The van der Waals surface area contributed by atoms with Gasteiger partial charge in [-0.3, -0.25) is 19.2 Å². The molecule has 5 heterocycles. The highest BCUT2D eigenvalue weighted by Gasteiger charge is 2.64. The first-order valence-electron chi connectivity index (χ1n) is 13.9. The Morgan fingerprint density at radius 1 is 1.14 bits per heavy atom. The van der Waals surface area contributed by atoms with Gasteiger partial charge in [-0.05, 0) is 31.5 Å². The number of nitrogens with one attached hydrogen (secondary N) is 4. The number of amides is 3. The molecule has 6 N–H and O–H groups in total. The standard InChI is InChI=1S/C28H30N8O7S/c1-28(2)20(26(42)43)36-24(41)18(25(36)44-28)33-23(40)17(13-3-5-14(37)6-4-13)32-22(39)16-12-30-21-15(19(16)38)11-31-27(34-21)35-9-7-29-8-10-35/h3-6,11-12,17-18,20,25,29,37H,7-10H2,1-2H3,(H,32,39)(H,33,40)(H,42,43)(H,30,31,34,38)/t17-,18-,20+,25-/m1/s1. The van der Waals surface area contributed by atoms with Crippen molar-refractivity contribution >= 4 is 52.4 Å². The molecule has 0 bridgehead atoms. The largest absolute Gasteiger partial charge is 0.508 e. The van der Waals surface area contributed by atoms with Crippen molar-refractivity contribution in [2.24, 2.45) is 0 Å². The third-order valence-electron chi connectivity index (χ3n) is 8.00. The van der Waals surface area contributed by atoms with E-state index in [1.165, 1.54) is 53.3 Å². The van der Waals surface area contributed by atoms with Crippen molar-refractivity contribution in [3.8, 4) is 5.75 Å². The van der Waals surface area contributed by atoms with Crippen molar-refractivity contribution in [3.05, 3.63) is 58.0 Å². The number of anilines is 1. The molecule has 3 fully saturated rings. The van der Waals surface area contributed by atoms with Gasteiger partial charge in [-0.25, -0.2) is 9.78 Å². The minimum absolute atomic E-state index is 0.0699. The lowest BCUT2D eigenvalue weighted by Crippen LogP contribution is -2.71. The third-order valence-corrected chi connectivity index (χ3v) is 9.57. The number of hydrogen-bond donors (Lipinski definition) is 6. The Morgan fingerprint density at radius 2 is 1.84 bits per heavy atom. The lowest BCUT2D eigenvalue weighted by atomic mass is 9.95. The zero-order chi connectivity index (χ0) is 31.3. The number of aromatic nitrogens is 3. The molecule has 0 aliphatic carbocycles. The number of carboxylic acids is 1. The number of phenolic OH excluding ortho intramolecular Hbond substituents is 1. The normalized spacial score (nSPS) is 23.0. The van der Waals surface area contributed by atoms with Crippen LogP contribution in [0.15, 0.2) is 41.5 Å². The van der Waals surface area contributed by atoms with Crippen molar-refractivity contribution in [1.29, 1.82) is 0 Å². The summed E-state index contributed by atoms with van der Waals surface area (Å²) in [5.41, 5.74) is -0.382. The second-order valence-electron chi connectivity index (χ2n) is 11.3. The first-order valence-corrected chi connectivity index (χ1v) is 14.8. The molecule has 3 aromatic rings. The molecular formula is C28H30N8O7S. The van der Waals surface area contributed by atoms with E-state index in [1.807, 2.05) is 4.90 Å². The predicted molar refractivity (Wildman–Crippen MR) is 159 cm³/mol. The highest BCUT2D eigenvalue weighted by atomic mass is 32.2. The fourth-order valence-electron chi connectivity index (χ4n) is 5.74. The number of phenols is 1. The number of rotatable bonds is 7. The van der Waals surface area contributed by atoms with E-state index >= 15 is 0 Å². The summed E-state index contributed by atoms with van der Waals surface area (Å²) in [6.07, 6.45) is 2.58. The van der Waals surface area contributed by atoms with Crippen LogP contribution >= 0.6 is 11.8 Å². The highest BCUT2D eigenvalue weighted by Crippen LogP contribution is 2.50. The number of carbonyl (C=O) groups excluding carboxylic acids is 3. The van der Waals surface area contributed by atoms with Gasteiger partial charge in [0.05, 0.1) is 5.39 Å². The molecule has 44 heavy (non-hydrogen) atoms. The zero-order valence-electron chi connectivity index (χ0n) is 23.7. The van der Waals surface area contributed by atoms with Crippen LogP contribution in [-0.4, -0.2) is 102 Å². The summed E-state index contributed by atoms with van der Waals surface area (Å²) in [6.45, 7) is 6.41. The quantitative estimate of drug-likeness (QED) is 0.185. The number of fused-ring (bicyclic) bond motifs is 2. The Bertz CT molecular complexity index is 1720. The number of aromatic amines is 1. The van der Waals surface area contributed by atoms with Gasteiger partial charge in [-0.15, -0.1) is 11.8 Å². The fraction of sp³-hybridized carbons (Fsp3) is 0.393. The number of pyridine rings is 1. The average Bonchev–Trinajstić information content (AvgIpc) is 3.27. The van der Waals surface area contributed by atoms with E-state index in [0.717, 1.165) is 13.1 Å². The minimum atomic E-state index is -1.36. The molecule has 2 aromatic heterocycles. The SMILES string of the molecule is CC1(C)S[C@@H]2[C@H](NC(=O)[C@H](NC(=O)c3c[nH]c4nc(N5CCNCC5)ncc4c3=O)c3ccc(O)cc3)C(=O)N2[C@H]1C(=O)O. The fourth-order valence-corrected chi connectivity index (χ4v) is 7.37. The van der Waals surface area contributed by atoms with Crippen molar-refractivity contribution in [3.63, 3.8) is 0 Å². The van der Waals surface area contributed by atoms with E-state index in [2.05, 4.69) is 30.9 Å². The molecule has 6 rings (SSSR count). The van der Waals surface area contributed by atoms with Gasteiger partial charge in [0.1, 0.15) is 40.5 Å². The summed E-state index contributed by atoms with van der Waals surface area (Å²) in [5, 5.41) is 27.4. The molecule has 0 unspecified atom stereocenters. The van der Waals surface area contributed by atoms with E-state index in [1.54, 1.807) is 13.8 Å². The Balaban J connectivity index is 1.24. The van der Waals surface area contributed by atoms with E-state index in [9.17, 15) is 34.2 Å². The molecule has 230 valence electrons. The van der Waals surface area contributed by atoms with Gasteiger partial charge in [0, 0.05) is 43.3 Å². The number of benzene rings is 1.